The first-order valence-corrected chi connectivity index (χ1v) is 10.7. The fourth-order valence-corrected chi connectivity index (χ4v) is 3.89. The summed E-state index contributed by atoms with van der Waals surface area (Å²) in [6.07, 6.45) is 0.642. The van der Waals surface area contributed by atoms with Crippen LogP contribution < -0.4 is 11.2 Å². The minimum Gasteiger partial charge on any atom is -0.481 e. The van der Waals surface area contributed by atoms with Gasteiger partial charge in [0.2, 0.25) is 0 Å². The lowest BCUT2D eigenvalue weighted by Crippen LogP contribution is -2.36. The number of aromatic nitrogens is 2. The van der Waals surface area contributed by atoms with Crippen LogP contribution in [0.2, 0.25) is 0 Å². The van der Waals surface area contributed by atoms with Crippen LogP contribution in [0, 0.1) is 5.92 Å². The van der Waals surface area contributed by atoms with E-state index >= 15 is 0 Å². The number of nitrogens with one attached hydrogen (secondary N) is 1. The van der Waals surface area contributed by atoms with Gasteiger partial charge >= 0.3 is 23.6 Å². The first-order valence-electron chi connectivity index (χ1n) is 10.7. The highest BCUT2D eigenvalue weighted by Gasteiger charge is 2.47. The standard InChI is InChI=1S/C21H30N2O9/c1-4-6-14-12(5-2)18(32-17(27)8-7-15(24)25)19(31-14)13-11-23(10-9-16(26)30-3)21(29)22-20(13)28/h11-12,14,18-19H,4-10H2,1-3H3,(H,24,25)(H,22,28,29). The molecule has 178 valence electrons. The molecule has 0 radical (unpaired) electrons. The summed E-state index contributed by atoms with van der Waals surface area (Å²) in [5.74, 6) is -2.53. The molecule has 0 bridgehead atoms. The van der Waals surface area contributed by atoms with Crippen molar-refractivity contribution in [1.29, 1.82) is 0 Å². The quantitative estimate of drug-likeness (QED) is 0.468. The molecule has 4 unspecified atom stereocenters. The molecule has 1 aliphatic heterocycles. The van der Waals surface area contributed by atoms with Gasteiger partial charge in [-0.1, -0.05) is 20.3 Å². The number of carboxylic acids is 1. The molecule has 0 aliphatic carbocycles. The van der Waals surface area contributed by atoms with Crippen LogP contribution in [0.1, 0.15) is 64.0 Å². The maximum Gasteiger partial charge on any atom is 0.328 e. The number of carboxylic acid groups (broad SMARTS) is 1. The molecule has 1 aliphatic rings. The third kappa shape index (κ3) is 6.28. The molecule has 4 atom stereocenters. The van der Waals surface area contributed by atoms with Crippen LogP contribution in [-0.4, -0.2) is 51.9 Å². The molecule has 0 spiro atoms. The highest BCUT2D eigenvalue weighted by atomic mass is 16.6. The number of methoxy groups -OCH3 is 1. The van der Waals surface area contributed by atoms with Crippen molar-refractivity contribution in [2.45, 2.75) is 77.2 Å². The van der Waals surface area contributed by atoms with Crippen molar-refractivity contribution in [3.8, 4) is 0 Å². The summed E-state index contributed by atoms with van der Waals surface area (Å²) in [4.78, 5) is 61.5. The van der Waals surface area contributed by atoms with E-state index in [-0.39, 0.29) is 43.4 Å². The van der Waals surface area contributed by atoms with Gasteiger partial charge in [-0.25, -0.2) is 4.79 Å². The van der Waals surface area contributed by atoms with E-state index in [1.54, 1.807) is 0 Å². The zero-order valence-corrected chi connectivity index (χ0v) is 18.5. The summed E-state index contributed by atoms with van der Waals surface area (Å²) in [6, 6.07) is 0. The zero-order chi connectivity index (χ0) is 23.8. The number of aryl methyl sites for hydroxylation is 1. The normalized spacial score (nSPS) is 22.5. The SMILES string of the molecule is CCCC1OC(c2cn(CCC(=O)OC)c(=O)[nH]c2=O)C(OC(=O)CCC(=O)O)C1CC. The van der Waals surface area contributed by atoms with E-state index in [1.807, 2.05) is 13.8 Å². The Morgan fingerprint density at radius 2 is 1.88 bits per heavy atom. The van der Waals surface area contributed by atoms with E-state index in [0.717, 1.165) is 6.42 Å². The Balaban J connectivity index is 2.38. The second-order valence-corrected chi connectivity index (χ2v) is 7.67. The molecule has 11 heteroatoms. The van der Waals surface area contributed by atoms with Crippen LogP contribution >= 0.6 is 0 Å². The molecular formula is C21H30N2O9. The number of rotatable bonds is 11. The van der Waals surface area contributed by atoms with Gasteiger partial charge in [0.1, 0.15) is 12.2 Å². The predicted molar refractivity (Wildman–Crippen MR) is 111 cm³/mol. The van der Waals surface area contributed by atoms with Crippen molar-refractivity contribution in [3.63, 3.8) is 0 Å². The third-order valence-electron chi connectivity index (χ3n) is 5.50. The molecule has 0 saturated carbocycles. The monoisotopic (exact) mass is 454 g/mol. The summed E-state index contributed by atoms with van der Waals surface area (Å²) in [6.45, 7) is 3.89. The third-order valence-corrected chi connectivity index (χ3v) is 5.50. The molecule has 0 aromatic carbocycles. The van der Waals surface area contributed by atoms with Crippen LogP contribution in [0.5, 0.6) is 0 Å². The Morgan fingerprint density at radius 3 is 2.47 bits per heavy atom. The van der Waals surface area contributed by atoms with Gasteiger partial charge in [-0.3, -0.25) is 28.7 Å². The maximum absolute atomic E-state index is 12.6. The molecule has 1 fully saturated rings. The number of nitrogens with zero attached hydrogens (tertiary/aromatic N) is 1. The van der Waals surface area contributed by atoms with E-state index in [9.17, 15) is 24.0 Å². The Hall–Kier alpha value is -2.95. The molecule has 2 rings (SSSR count). The van der Waals surface area contributed by atoms with Crippen molar-refractivity contribution in [2.24, 2.45) is 5.92 Å². The highest BCUT2D eigenvalue weighted by Crippen LogP contribution is 2.41. The zero-order valence-electron chi connectivity index (χ0n) is 18.5. The number of aliphatic carboxylic acids is 1. The van der Waals surface area contributed by atoms with E-state index in [2.05, 4.69) is 9.72 Å². The molecule has 0 amide bonds. The van der Waals surface area contributed by atoms with Crippen LogP contribution in [0.3, 0.4) is 0 Å². The predicted octanol–water partition coefficient (Wildman–Crippen LogP) is 1.14. The number of H-pyrrole nitrogens is 1. The van der Waals surface area contributed by atoms with E-state index in [0.29, 0.717) is 12.8 Å². The van der Waals surface area contributed by atoms with Crippen LogP contribution in [0.25, 0.3) is 0 Å². The topological polar surface area (TPSA) is 154 Å². The number of carbonyl (C=O) groups is 3. The van der Waals surface area contributed by atoms with Crippen LogP contribution in [-0.2, 0) is 35.1 Å². The Kier molecular flexibility index (Phi) is 9.18. The van der Waals surface area contributed by atoms with Gasteiger partial charge in [-0.2, -0.15) is 0 Å². The summed E-state index contributed by atoms with van der Waals surface area (Å²) < 4.78 is 17.5. The van der Waals surface area contributed by atoms with Gasteiger partial charge in [-0.15, -0.1) is 0 Å². The Bertz CT molecular complexity index is 936. The second kappa shape index (κ2) is 11.6. The summed E-state index contributed by atoms with van der Waals surface area (Å²) in [5, 5.41) is 8.82. The lowest BCUT2D eigenvalue weighted by molar-refractivity contribution is -0.156. The summed E-state index contributed by atoms with van der Waals surface area (Å²) in [7, 11) is 1.23. The molecule has 1 aromatic rings. The fourth-order valence-electron chi connectivity index (χ4n) is 3.89. The largest absolute Gasteiger partial charge is 0.481 e. The maximum atomic E-state index is 12.6. The average Bonchev–Trinajstić information content (AvgIpc) is 3.08. The summed E-state index contributed by atoms with van der Waals surface area (Å²) in [5.41, 5.74) is -1.26. The summed E-state index contributed by atoms with van der Waals surface area (Å²) >= 11 is 0. The lowest BCUT2D eigenvalue weighted by Gasteiger charge is -2.23. The van der Waals surface area contributed by atoms with Crippen molar-refractivity contribution in [2.75, 3.05) is 7.11 Å². The lowest BCUT2D eigenvalue weighted by atomic mass is 9.89. The van der Waals surface area contributed by atoms with Crippen molar-refractivity contribution < 1.29 is 33.7 Å². The highest BCUT2D eigenvalue weighted by molar-refractivity contribution is 5.76. The number of carbonyl (C=O) groups excluding carboxylic acids is 2. The minimum atomic E-state index is -1.12. The number of aromatic amines is 1. The number of ether oxygens (including phenoxy) is 3. The van der Waals surface area contributed by atoms with Crippen LogP contribution in [0.15, 0.2) is 15.8 Å². The van der Waals surface area contributed by atoms with Gasteiger partial charge in [0.25, 0.3) is 5.56 Å². The van der Waals surface area contributed by atoms with Gasteiger partial charge in [-0.05, 0) is 12.8 Å². The van der Waals surface area contributed by atoms with Gasteiger partial charge < -0.3 is 19.3 Å². The van der Waals surface area contributed by atoms with E-state index in [1.165, 1.54) is 17.9 Å². The first-order chi connectivity index (χ1) is 15.2. The molecule has 2 N–H and O–H groups in total. The molecule has 11 nitrogen and oxygen atoms in total. The Morgan fingerprint density at radius 1 is 1.16 bits per heavy atom. The van der Waals surface area contributed by atoms with E-state index < -0.39 is 41.4 Å². The van der Waals surface area contributed by atoms with Crippen LogP contribution in [0.4, 0.5) is 0 Å². The average molecular weight is 454 g/mol. The smallest absolute Gasteiger partial charge is 0.328 e. The van der Waals surface area contributed by atoms with Crippen molar-refractivity contribution in [3.05, 3.63) is 32.6 Å². The van der Waals surface area contributed by atoms with Crippen molar-refractivity contribution >= 4 is 17.9 Å². The molecule has 2 heterocycles. The number of hydrogen-bond donors (Lipinski definition) is 2. The second-order valence-electron chi connectivity index (χ2n) is 7.67. The molecule has 32 heavy (non-hydrogen) atoms. The van der Waals surface area contributed by atoms with Gasteiger partial charge in [0, 0.05) is 18.7 Å². The molecule has 1 aromatic heterocycles. The van der Waals surface area contributed by atoms with Gasteiger partial charge in [0.15, 0.2) is 0 Å². The first kappa shape index (κ1) is 25.3. The minimum absolute atomic E-state index is 0.0132. The molecular weight excluding hydrogens is 424 g/mol. The van der Waals surface area contributed by atoms with E-state index in [4.69, 9.17) is 14.6 Å². The number of hydrogen-bond acceptors (Lipinski definition) is 8. The van der Waals surface area contributed by atoms with Crippen molar-refractivity contribution in [1.82, 2.24) is 9.55 Å². The fraction of sp³-hybridized carbons (Fsp3) is 0.667. The Labute approximate surface area is 184 Å². The van der Waals surface area contributed by atoms with Gasteiger partial charge in [0.05, 0.1) is 38.0 Å². The molecule has 1 saturated heterocycles. The number of esters is 2.